The molecule has 0 spiro atoms. The van der Waals surface area contributed by atoms with Crippen LogP contribution in [0.3, 0.4) is 0 Å². The van der Waals surface area contributed by atoms with Gasteiger partial charge in [0.1, 0.15) is 0 Å². The van der Waals surface area contributed by atoms with Crippen molar-refractivity contribution in [2.75, 3.05) is 26.2 Å². The summed E-state index contributed by atoms with van der Waals surface area (Å²) in [6.45, 7) is 7.25. The van der Waals surface area contributed by atoms with E-state index in [1.165, 1.54) is 51.9 Å². The molecule has 2 aliphatic rings. The Bertz CT molecular complexity index is 409. The van der Waals surface area contributed by atoms with Crippen LogP contribution in [-0.4, -0.2) is 37.1 Å². The van der Waals surface area contributed by atoms with Gasteiger partial charge in [-0.3, -0.25) is 4.90 Å². The first kappa shape index (κ1) is 13.1. The minimum absolute atomic E-state index is 0.789. The van der Waals surface area contributed by atoms with Crippen molar-refractivity contribution >= 4 is 0 Å². The minimum atomic E-state index is 0.789. The van der Waals surface area contributed by atoms with Crippen molar-refractivity contribution in [2.45, 2.75) is 44.6 Å². The summed E-state index contributed by atoms with van der Waals surface area (Å²) in [4.78, 5) is 2.77. The van der Waals surface area contributed by atoms with E-state index >= 15 is 0 Å². The van der Waals surface area contributed by atoms with Crippen LogP contribution in [0.15, 0.2) is 24.3 Å². The van der Waals surface area contributed by atoms with Crippen LogP contribution in [0.5, 0.6) is 0 Å². The van der Waals surface area contributed by atoms with Gasteiger partial charge in [-0.2, -0.15) is 0 Å². The molecule has 1 heterocycles. The third-order valence-electron chi connectivity index (χ3n) is 4.75. The van der Waals surface area contributed by atoms with Gasteiger partial charge in [-0.05, 0) is 56.4 Å². The first-order chi connectivity index (χ1) is 9.38. The summed E-state index contributed by atoms with van der Waals surface area (Å²) in [5.74, 6) is 0.789. The second-order valence-corrected chi connectivity index (χ2v) is 6.08. The van der Waals surface area contributed by atoms with Gasteiger partial charge in [0, 0.05) is 18.5 Å². The van der Waals surface area contributed by atoms with Gasteiger partial charge in [0.15, 0.2) is 0 Å². The molecule has 1 unspecified atom stereocenters. The predicted octanol–water partition coefficient (Wildman–Crippen LogP) is 2.79. The van der Waals surface area contributed by atoms with Crippen molar-refractivity contribution in [3.05, 3.63) is 35.4 Å². The summed E-state index contributed by atoms with van der Waals surface area (Å²) in [5, 5.41) is 3.48. The third kappa shape index (κ3) is 2.85. The lowest BCUT2D eigenvalue weighted by molar-refractivity contribution is 0.148. The van der Waals surface area contributed by atoms with Crippen molar-refractivity contribution in [3.8, 4) is 0 Å². The Kier molecular flexibility index (Phi) is 4.19. The monoisotopic (exact) mass is 258 g/mol. The van der Waals surface area contributed by atoms with Crippen LogP contribution in [-0.2, 0) is 6.42 Å². The second kappa shape index (κ2) is 6.06. The highest BCUT2D eigenvalue weighted by Crippen LogP contribution is 2.36. The standard InChI is InChI=1S/C17H26N2/c1-2-11-19(16-7-9-18-10-8-16)13-15-12-14-5-3-4-6-17(14)15/h3-6,15-16,18H,2,7-13H2,1H3. The largest absolute Gasteiger partial charge is 0.317 e. The van der Waals surface area contributed by atoms with Crippen LogP contribution >= 0.6 is 0 Å². The first-order valence-corrected chi connectivity index (χ1v) is 7.91. The zero-order valence-electron chi connectivity index (χ0n) is 12.1. The van der Waals surface area contributed by atoms with Gasteiger partial charge in [-0.1, -0.05) is 31.2 Å². The third-order valence-corrected chi connectivity index (χ3v) is 4.75. The predicted molar refractivity (Wildman–Crippen MR) is 80.6 cm³/mol. The highest BCUT2D eigenvalue weighted by Gasteiger charge is 2.29. The number of nitrogens with zero attached hydrogens (tertiary/aromatic N) is 1. The molecule has 0 amide bonds. The van der Waals surface area contributed by atoms with E-state index in [9.17, 15) is 0 Å². The van der Waals surface area contributed by atoms with Gasteiger partial charge in [-0.25, -0.2) is 0 Å². The van der Waals surface area contributed by atoms with Crippen LogP contribution in [0.25, 0.3) is 0 Å². The SMILES string of the molecule is CCCN(CC1Cc2ccccc21)C1CCNCC1. The van der Waals surface area contributed by atoms with Crippen LogP contribution in [0.4, 0.5) is 0 Å². The smallest absolute Gasteiger partial charge is 0.0120 e. The van der Waals surface area contributed by atoms with E-state index in [1.54, 1.807) is 11.1 Å². The molecule has 1 N–H and O–H groups in total. The van der Waals surface area contributed by atoms with Crippen LogP contribution in [0.1, 0.15) is 43.2 Å². The van der Waals surface area contributed by atoms with Crippen molar-refractivity contribution < 1.29 is 0 Å². The molecule has 0 radical (unpaired) electrons. The van der Waals surface area contributed by atoms with Gasteiger partial charge >= 0.3 is 0 Å². The van der Waals surface area contributed by atoms with Crippen LogP contribution in [0, 0.1) is 0 Å². The molecule has 0 saturated carbocycles. The Balaban J connectivity index is 1.62. The lowest BCUT2D eigenvalue weighted by Crippen LogP contribution is -2.46. The lowest BCUT2D eigenvalue weighted by Gasteiger charge is -2.40. The number of piperidine rings is 1. The van der Waals surface area contributed by atoms with Crippen molar-refractivity contribution in [3.63, 3.8) is 0 Å². The average Bonchev–Trinajstić information content (AvgIpc) is 2.44. The maximum atomic E-state index is 3.48. The highest BCUT2D eigenvalue weighted by molar-refractivity contribution is 5.40. The molecular formula is C17H26N2. The molecule has 1 atom stereocenters. The number of hydrogen-bond donors (Lipinski definition) is 1. The fourth-order valence-electron chi connectivity index (χ4n) is 3.69. The molecule has 104 valence electrons. The molecule has 3 rings (SSSR count). The Morgan fingerprint density at radius 1 is 1.21 bits per heavy atom. The van der Waals surface area contributed by atoms with E-state index in [-0.39, 0.29) is 0 Å². The number of benzene rings is 1. The van der Waals surface area contributed by atoms with E-state index in [0.29, 0.717) is 0 Å². The molecule has 1 aliphatic heterocycles. The number of fused-ring (bicyclic) bond motifs is 1. The van der Waals surface area contributed by atoms with E-state index in [4.69, 9.17) is 0 Å². The van der Waals surface area contributed by atoms with E-state index < -0.39 is 0 Å². The number of rotatable bonds is 5. The molecule has 1 aromatic carbocycles. The van der Waals surface area contributed by atoms with Crippen LogP contribution < -0.4 is 5.32 Å². The Morgan fingerprint density at radius 2 is 2.00 bits per heavy atom. The summed E-state index contributed by atoms with van der Waals surface area (Å²) in [7, 11) is 0. The average molecular weight is 258 g/mol. The van der Waals surface area contributed by atoms with E-state index in [1.807, 2.05) is 0 Å². The molecule has 2 heteroatoms. The van der Waals surface area contributed by atoms with Gasteiger partial charge in [0.05, 0.1) is 0 Å². The molecule has 0 bridgehead atoms. The lowest BCUT2D eigenvalue weighted by atomic mass is 9.77. The maximum Gasteiger partial charge on any atom is 0.0120 e. The fraction of sp³-hybridized carbons (Fsp3) is 0.647. The first-order valence-electron chi connectivity index (χ1n) is 7.91. The van der Waals surface area contributed by atoms with Gasteiger partial charge in [0.25, 0.3) is 0 Å². The van der Waals surface area contributed by atoms with Crippen molar-refractivity contribution in [1.82, 2.24) is 10.2 Å². The topological polar surface area (TPSA) is 15.3 Å². The molecule has 1 fully saturated rings. The molecule has 19 heavy (non-hydrogen) atoms. The molecule has 1 aliphatic carbocycles. The molecule has 1 aromatic rings. The summed E-state index contributed by atoms with van der Waals surface area (Å²) in [6, 6.07) is 9.80. The highest BCUT2D eigenvalue weighted by atomic mass is 15.2. The zero-order valence-corrected chi connectivity index (χ0v) is 12.1. The molecule has 1 saturated heterocycles. The van der Waals surface area contributed by atoms with Crippen molar-refractivity contribution in [2.24, 2.45) is 0 Å². The number of nitrogens with one attached hydrogen (secondary N) is 1. The Morgan fingerprint density at radius 3 is 2.74 bits per heavy atom. The van der Waals surface area contributed by atoms with Crippen molar-refractivity contribution in [1.29, 1.82) is 0 Å². The maximum absolute atomic E-state index is 3.48. The summed E-state index contributed by atoms with van der Waals surface area (Å²) in [6.07, 6.45) is 5.22. The quantitative estimate of drug-likeness (QED) is 0.873. The van der Waals surface area contributed by atoms with Gasteiger partial charge in [0.2, 0.25) is 0 Å². The zero-order chi connectivity index (χ0) is 13.1. The van der Waals surface area contributed by atoms with E-state index in [2.05, 4.69) is 41.4 Å². The molecule has 2 nitrogen and oxygen atoms in total. The second-order valence-electron chi connectivity index (χ2n) is 6.08. The van der Waals surface area contributed by atoms with Crippen LogP contribution in [0.2, 0.25) is 0 Å². The normalized spacial score (nSPS) is 23.2. The summed E-state index contributed by atoms with van der Waals surface area (Å²) < 4.78 is 0. The van der Waals surface area contributed by atoms with Gasteiger partial charge < -0.3 is 5.32 Å². The fourth-order valence-corrected chi connectivity index (χ4v) is 3.69. The van der Waals surface area contributed by atoms with E-state index in [0.717, 1.165) is 12.0 Å². The molecular weight excluding hydrogens is 232 g/mol. The number of hydrogen-bond acceptors (Lipinski definition) is 2. The Labute approximate surface area is 117 Å². The Hall–Kier alpha value is -0.860. The molecule has 0 aromatic heterocycles. The summed E-state index contributed by atoms with van der Waals surface area (Å²) >= 11 is 0. The summed E-state index contributed by atoms with van der Waals surface area (Å²) in [5.41, 5.74) is 3.19. The van der Waals surface area contributed by atoms with Gasteiger partial charge in [-0.15, -0.1) is 0 Å². The minimum Gasteiger partial charge on any atom is -0.317 e.